The number of amides is 1. The van der Waals surface area contributed by atoms with Gasteiger partial charge in [0.15, 0.2) is 5.96 Å². The minimum Gasteiger partial charge on any atom is -0.357 e. The Kier molecular flexibility index (Phi) is 14.5. The highest BCUT2D eigenvalue weighted by molar-refractivity contribution is 14.0. The number of carbonyl (C=O) groups excluding carboxylic acids is 1. The van der Waals surface area contributed by atoms with E-state index in [9.17, 15) is 4.79 Å². The Morgan fingerprint density at radius 3 is 2.08 bits per heavy atom. The van der Waals surface area contributed by atoms with Crippen LogP contribution in [-0.4, -0.2) is 60.6 Å². The van der Waals surface area contributed by atoms with Gasteiger partial charge >= 0.3 is 0 Å². The predicted octanol–water partition coefficient (Wildman–Crippen LogP) is 2.58. The summed E-state index contributed by atoms with van der Waals surface area (Å²) >= 11 is 0. The molecular weight excluding hydrogens is 429 g/mol. The fourth-order valence-electron chi connectivity index (χ4n) is 2.53. The van der Waals surface area contributed by atoms with Crippen LogP contribution in [0.4, 0.5) is 0 Å². The van der Waals surface area contributed by atoms with Crippen LogP contribution in [0.1, 0.15) is 61.8 Å². The number of carbonyl (C=O) groups is 1. The summed E-state index contributed by atoms with van der Waals surface area (Å²) in [6.07, 6.45) is 1.04. The monoisotopic (exact) mass is 469 g/mol. The standard InChI is InChI=1S/C18H39N5O.HI/c1-9-19-17(21-13-16(24)22-18(6,7)8)20-11-10-12-23(14(2)3)15(4)5;/h14-15H,9-13H2,1-8H3,(H,22,24)(H2,19,20,21);1H. The number of hydrogen-bond donors (Lipinski definition) is 3. The largest absolute Gasteiger partial charge is 0.357 e. The van der Waals surface area contributed by atoms with Crippen LogP contribution in [-0.2, 0) is 4.79 Å². The third kappa shape index (κ3) is 14.3. The molecule has 0 rings (SSSR count). The lowest BCUT2D eigenvalue weighted by atomic mass is 10.1. The van der Waals surface area contributed by atoms with Crippen molar-refractivity contribution < 1.29 is 4.79 Å². The van der Waals surface area contributed by atoms with Crippen LogP contribution in [0.5, 0.6) is 0 Å². The van der Waals surface area contributed by atoms with Gasteiger partial charge in [-0.05, 0) is 61.8 Å². The zero-order valence-corrected chi connectivity index (χ0v) is 19.7. The van der Waals surface area contributed by atoms with Gasteiger partial charge in [0.05, 0.1) is 0 Å². The topological polar surface area (TPSA) is 68.8 Å². The van der Waals surface area contributed by atoms with Crippen LogP contribution in [0, 0.1) is 0 Å². The Morgan fingerprint density at radius 2 is 1.64 bits per heavy atom. The fraction of sp³-hybridized carbons (Fsp3) is 0.889. The van der Waals surface area contributed by atoms with Crippen molar-refractivity contribution in [3.63, 3.8) is 0 Å². The van der Waals surface area contributed by atoms with Crippen molar-refractivity contribution in [1.29, 1.82) is 0 Å². The number of guanidine groups is 1. The van der Waals surface area contributed by atoms with Gasteiger partial charge in [-0.25, -0.2) is 4.99 Å². The Balaban J connectivity index is 0. The zero-order chi connectivity index (χ0) is 18.8. The minimum atomic E-state index is -0.227. The molecule has 0 aliphatic carbocycles. The normalized spacial score (nSPS) is 12.4. The average molecular weight is 469 g/mol. The molecule has 0 radical (unpaired) electrons. The maximum absolute atomic E-state index is 11.9. The van der Waals surface area contributed by atoms with Crippen molar-refractivity contribution in [2.75, 3.05) is 26.2 Å². The number of nitrogens with zero attached hydrogens (tertiary/aromatic N) is 2. The second-order valence-electron chi connectivity index (χ2n) is 7.70. The van der Waals surface area contributed by atoms with E-state index in [1.165, 1.54) is 0 Å². The summed E-state index contributed by atoms with van der Waals surface area (Å²) in [6, 6.07) is 1.10. The van der Waals surface area contributed by atoms with Gasteiger partial charge in [-0.2, -0.15) is 0 Å². The van der Waals surface area contributed by atoms with E-state index in [-0.39, 0.29) is 42.0 Å². The highest BCUT2D eigenvalue weighted by Crippen LogP contribution is 2.05. The lowest BCUT2D eigenvalue weighted by Crippen LogP contribution is -2.44. The maximum Gasteiger partial charge on any atom is 0.242 e. The molecule has 0 saturated heterocycles. The first-order valence-electron chi connectivity index (χ1n) is 9.15. The lowest BCUT2D eigenvalue weighted by molar-refractivity contribution is -0.121. The van der Waals surface area contributed by atoms with Gasteiger partial charge in [-0.15, -0.1) is 24.0 Å². The van der Waals surface area contributed by atoms with E-state index in [1.54, 1.807) is 0 Å². The molecule has 25 heavy (non-hydrogen) atoms. The van der Waals surface area contributed by atoms with Gasteiger partial charge < -0.3 is 16.0 Å². The summed E-state index contributed by atoms with van der Waals surface area (Å²) in [6.45, 7) is 19.6. The summed E-state index contributed by atoms with van der Waals surface area (Å²) in [4.78, 5) is 18.7. The predicted molar refractivity (Wildman–Crippen MR) is 119 cm³/mol. The zero-order valence-electron chi connectivity index (χ0n) is 17.4. The fourth-order valence-corrected chi connectivity index (χ4v) is 2.53. The first kappa shape index (κ1) is 26.7. The molecule has 1 amide bonds. The molecule has 3 N–H and O–H groups in total. The van der Waals surface area contributed by atoms with Crippen molar-refractivity contribution in [3.05, 3.63) is 0 Å². The van der Waals surface area contributed by atoms with Crippen LogP contribution in [0.25, 0.3) is 0 Å². The molecule has 0 spiro atoms. The second-order valence-corrected chi connectivity index (χ2v) is 7.70. The Labute approximate surface area is 172 Å². The third-order valence-electron chi connectivity index (χ3n) is 3.45. The molecular formula is C18H40IN5O. The summed E-state index contributed by atoms with van der Waals surface area (Å²) in [5, 5.41) is 9.40. The molecule has 0 aliphatic rings. The lowest BCUT2D eigenvalue weighted by Gasteiger charge is -2.30. The van der Waals surface area contributed by atoms with Crippen LogP contribution in [0.3, 0.4) is 0 Å². The molecule has 0 atom stereocenters. The van der Waals surface area contributed by atoms with E-state index in [2.05, 4.69) is 53.5 Å². The average Bonchev–Trinajstić information content (AvgIpc) is 2.41. The number of halogens is 1. The highest BCUT2D eigenvalue weighted by atomic mass is 127. The second kappa shape index (κ2) is 13.6. The van der Waals surface area contributed by atoms with Gasteiger partial charge in [0.1, 0.15) is 6.54 Å². The molecule has 0 fully saturated rings. The van der Waals surface area contributed by atoms with Gasteiger partial charge in [0, 0.05) is 37.3 Å². The molecule has 0 aromatic heterocycles. The van der Waals surface area contributed by atoms with E-state index in [0.717, 1.165) is 26.1 Å². The van der Waals surface area contributed by atoms with Gasteiger partial charge in [-0.1, -0.05) is 0 Å². The number of hydrogen-bond acceptors (Lipinski definition) is 3. The van der Waals surface area contributed by atoms with Gasteiger partial charge in [0.25, 0.3) is 0 Å². The third-order valence-corrected chi connectivity index (χ3v) is 3.45. The molecule has 0 unspecified atom stereocenters. The highest BCUT2D eigenvalue weighted by Gasteiger charge is 2.14. The molecule has 0 bridgehead atoms. The smallest absolute Gasteiger partial charge is 0.242 e. The van der Waals surface area contributed by atoms with Crippen LogP contribution in [0.2, 0.25) is 0 Å². The molecule has 6 nitrogen and oxygen atoms in total. The van der Waals surface area contributed by atoms with E-state index >= 15 is 0 Å². The molecule has 0 heterocycles. The molecule has 0 aromatic carbocycles. The van der Waals surface area contributed by atoms with Crippen molar-refractivity contribution in [1.82, 2.24) is 20.9 Å². The van der Waals surface area contributed by atoms with Gasteiger partial charge in [-0.3, -0.25) is 9.69 Å². The SMILES string of the molecule is CCNC(=NCC(=O)NC(C)(C)C)NCCCN(C(C)C)C(C)C.I. The van der Waals surface area contributed by atoms with Crippen LogP contribution >= 0.6 is 24.0 Å². The van der Waals surface area contributed by atoms with Crippen molar-refractivity contribution in [3.8, 4) is 0 Å². The number of rotatable bonds is 9. The minimum absolute atomic E-state index is 0. The summed E-state index contributed by atoms with van der Waals surface area (Å²) in [5.74, 6) is 0.632. The number of aliphatic imine (C=N–C) groups is 1. The molecule has 0 saturated carbocycles. The van der Waals surface area contributed by atoms with E-state index in [0.29, 0.717) is 18.0 Å². The number of nitrogens with one attached hydrogen (secondary N) is 3. The molecule has 7 heteroatoms. The summed E-state index contributed by atoms with van der Waals surface area (Å²) < 4.78 is 0. The van der Waals surface area contributed by atoms with E-state index in [4.69, 9.17) is 0 Å². The van der Waals surface area contributed by atoms with Gasteiger partial charge in [0.2, 0.25) is 5.91 Å². The molecule has 0 aliphatic heterocycles. The quantitative estimate of drug-likeness (QED) is 0.210. The summed E-state index contributed by atoms with van der Waals surface area (Å²) in [5.41, 5.74) is -0.227. The van der Waals surface area contributed by atoms with Crippen molar-refractivity contribution in [2.45, 2.75) is 79.4 Å². The van der Waals surface area contributed by atoms with Crippen molar-refractivity contribution >= 4 is 35.8 Å². The Hall–Kier alpha value is -0.570. The maximum atomic E-state index is 11.9. The molecule has 0 aromatic rings. The van der Waals surface area contributed by atoms with E-state index < -0.39 is 0 Å². The van der Waals surface area contributed by atoms with E-state index in [1.807, 2.05) is 27.7 Å². The van der Waals surface area contributed by atoms with Crippen LogP contribution < -0.4 is 16.0 Å². The summed E-state index contributed by atoms with van der Waals surface area (Å²) in [7, 11) is 0. The van der Waals surface area contributed by atoms with Crippen molar-refractivity contribution in [2.24, 2.45) is 4.99 Å². The van der Waals surface area contributed by atoms with Crippen LogP contribution in [0.15, 0.2) is 4.99 Å². The Morgan fingerprint density at radius 1 is 1.08 bits per heavy atom. The first-order chi connectivity index (χ1) is 11.1. The Bertz CT molecular complexity index is 383. The molecule has 150 valence electrons. The first-order valence-corrected chi connectivity index (χ1v) is 9.15.